The Bertz CT molecular complexity index is 1170. The van der Waals surface area contributed by atoms with E-state index in [1.807, 2.05) is 0 Å². The fourth-order valence-electron chi connectivity index (χ4n) is 2.62. The van der Waals surface area contributed by atoms with E-state index in [-0.39, 0.29) is 17.5 Å². The van der Waals surface area contributed by atoms with Gasteiger partial charge in [0.15, 0.2) is 11.2 Å². The summed E-state index contributed by atoms with van der Waals surface area (Å²) in [5.74, 6) is 0.254. The summed E-state index contributed by atoms with van der Waals surface area (Å²) in [6.45, 7) is 0. The molecular formula is C19H15FN6O2S. The lowest BCUT2D eigenvalue weighted by molar-refractivity contribution is -0.113. The van der Waals surface area contributed by atoms with Gasteiger partial charge in [0, 0.05) is 11.8 Å². The zero-order valence-electron chi connectivity index (χ0n) is 15.2. The molecule has 2 aromatic carbocycles. The smallest absolute Gasteiger partial charge is 0.234 e. The van der Waals surface area contributed by atoms with Crippen molar-refractivity contribution in [2.75, 3.05) is 18.2 Å². The topological polar surface area (TPSA) is 94.8 Å². The van der Waals surface area contributed by atoms with Gasteiger partial charge in [-0.2, -0.15) is 4.68 Å². The maximum absolute atomic E-state index is 13.2. The number of nitrogens with one attached hydrogen (secondary N) is 1. The molecule has 146 valence electrons. The number of carbonyl (C=O) groups is 1. The maximum Gasteiger partial charge on any atom is 0.234 e. The SMILES string of the molecule is COc1cccc(NC(=O)CSc2ncnc3c2nnn3-c2ccc(F)cc2)c1. The molecule has 4 rings (SSSR count). The van der Waals surface area contributed by atoms with Crippen LogP contribution in [0.1, 0.15) is 0 Å². The summed E-state index contributed by atoms with van der Waals surface area (Å²) in [7, 11) is 1.57. The van der Waals surface area contributed by atoms with E-state index < -0.39 is 0 Å². The van der Waals surface area contributed by atoms with Gasteiger partial charge in [-0.1, -0.05) is 23.0 Å². The largest absolute Gasteiger partial charge is 0.497 e. The van der Waals surface area contributed by atoms with Crippen molar-refractivity contribution in [2.24, 2.45) is 0 Å². The van der Waals surface area contributed by atoms with E-state index in [0.717, 1.165) is 0 Å². The summed E-state index contributed by atoms with van der Waals surface area (Å²) >= 11 is 1.23. The molecule has 1 N–H and O–H groups in total. The van der Waals surface area contributed by atoms with Crippen LogP contribution in [-0.2, 0) is 4.79 Å². The van der Waals surface area contributed by atoms with Crippen LogP contribution in [0, 0.1) is 5.82 Å². The summed E-state index contributed by atoms with van der Waals surface area (Å²) in [6.07, 6.45) is 1.38. The van der Waals surface area contributed by atoms with Gasteiger partial charge >= 0.3 is 0 Å². The van der Waals surface area contributed by atoms with Crippen LogP contribution in [0.15, 0.2) is 59.9 Å². The Labute approximate surface area is 169 Å². The quantitative estimate of drug-likeness (QED) is 0.385. The van der Waals surface area contributed by atoms with Crippen molar-refractivity contribution < 1.29 is 13.9 Å². The maximum atomic E-state index is 13.2. The lowest BCUT2D eigenvalue weighted by Gasteiger charge is -2.07. The van der Waals surface area contributed by atoms with E-state index in [9.17, 15) is 9.18 Å². The predicted molar refractivity (Wildman–Crippen MR) is 107 cm³/mol. The number of hydrogen-bond donors (Lipinski definition) is 1. The molecule has 10 heteroatoms. The third kappa shape index (κ3) is 4.16. The number of benzene rings is 2. The van der Waals surface area contributed by atoms with Gasteiger partial charge in [-0.25, -0.2) is 14.4 Å². The Morgan fingerprint density at radius 1 is 1.21 bits per heavy atom. The van der Waals surface area contributed by atoms with Gasteiger partial charge in [0.25, 0.3) is 0 Å². The average molecular weight is 410 g/mol. The van der Waals surface area contributed by atoms with Crippen molar-refractivity contribution in [3.05, 3.63) is 60.7 Å². The fourth-order valence-corrected chi connectivity index (χ4v) is 3.35. The minimum Gasteiger partial charge on any atom is -0.497 e. The van der Waals surface area contributed by atoms with Crippen LogP contribution in [0.25, 0.3) is 16.9 Å². The normalized spacial score (nSPS) is 10.8. The molecule has 0 aliphatic carbocycles. The molecule has 0 bridgehead atoms. The highest BCUT2D eigenvalue weighted by Crippen LogP contribution is 2.24. The van der Waals surface area contributed by atoms with E-state index in [1.165, 1.54) is 34.9 Å². The third-order valence-corrected chi connectivity index (χ3v) is 4.95. The van der Waals surface area contributed by atoms with E-state index in [1.54, 1.807) is 43.5 Å². The number of ether oxygens (including phenoxy) is 1. The number of aromatic nitrogens is 5. The molecule has 2 aromatic heterocycles. The molecule has 1 amide bonds. The molecule has 8 nitrogen and oxygen atoms in total. The molecular weight excluding hydrogens is 395 g/mol. The number of halogens is 1. The molecule has 0 spiro atoms. The van der Waals surface area contributed by atoms with Crippen molar-refractivity contribution in [1.29, 1.82) is 0 Å². The zero-order chi connectivity index (χ0) is 20.2. The number of methoxy groups -OCH3 is 1. The summed E-state index contributed by atoms with van der Waals surface area (Å²) in [4.78, 5) is 20.7. The highest BCUT2D eigenvalue weighted by molar-refractivity contribution is 8.00. The second-order valence-electron chi connectivity index (χ2n) is 5.90. The summed E-state index contributed by atoms with van der Waals surface area (Å²) in [5, 5.41) is 11.6. The number of rotatable bonds is 6. The molecule has 0 unspecified atom stereocenters. The van der Waals surface area contributed by atoms with Crippen molar-refractivity contribution in [3.8, 4) is 11.4 Å². The Hall–Kier alpha value is -3.53. The standard InChI is InChI=1S/C19H15FN6O2S/c1-28-15-4-2-3-13(9-15)23-16(27)10-29-19-17-18(21-11-22-19)26(25-24-17)14-7-5-12(20)6-8-14/h2-9,11H,10H2,1H3,(H,23,27). The van der Waals surface area contributed by atoms with Crippen molar-refractivity contribution in [1.82, 2.24) is 25.0 Å². The van der Waals surface area contributed by atoms with Gasteiger partial charge in [0.2, 0.25) is 5.91 Å². The lowest BCUT2D eigenvalue weighted by atomic mass is 10.3. The molecule has 4 aromatic rings. The van der Waals surface area contributed by atoms with E-state index in [2.05, 4.69) is 25.6 Å². The van der Waals surface area contributed by atoms with Gasteiger partial charge in [-0.3, -0.25) is 4.79 Å². The molecule has 0 saturated heterocycles. The van der Waals surface area contributed by atoms with Crippen LogP contribution in [0.2, 0.25) is 0 Å². The second-order valence-corrected chi connectivity index (χ2v) is 6.86. The van der Waals surface area contributed by atoms with E-state index in [0.29, 0.717) is 33.3 Å². The summed E-state index contributed by atoms with van der Waals surface area (Å²) in [5.41, 5.74) is 2.21. The van der Waals surface area contributed by atoms with Gasteiger partial charge < -0.3 is 10.1 Å². The Kier molecular flexibility index (Phi) is 5.34. The number of thioether (sulfide) groups is 1. The summed E-state index contributed by atoms with van der Waals surface area (Å²) < 4.78 is 19.8. The van der Waals surface area contributed by atoms with Crippen LogP contribution in [0.5, 0.6) is 5.75 Å². The first kappa shape index (κ1) is 18.8. The number of carbonyl (C=O) groups excluding carboxylic acids is 1. The fraction of sp³-hybridized carbons (Fsp3) is 0.105. The Morgan fingerprint density at radius 3 is 2.83 bits per heavy atom. The van der Waals surface area contributed by atoms with Gasteiger partial charge in [-0.15, -0.1) is 5.10 Å². The van der Waals surface area contributed by atoms with Crippen molar-refractivity contribution in [2.45, 2.75) is 5.03 Å². The molecule has 0 radical (unpaired) electrons. The first-order chi connectivity index (χ1) is 14.1. The molecule has 0 aliphatic heterocycles. The Morgan fingerprint density at radius 2 is 2.03 bits per heavy atom. The minimum atomic E-state index is -0.342. The van der Waals surface area contributed by atoms with Crippen molar-refractivity contribution in [3.63, 3.8) is 0 Å². The van der Waals surface area contributed by atoms with Crippen LogP contribution >= 0.6 is 11.8 Å². The number of anilines is 1. The second kappa shape index (κ2) is 8.23. The number of nitrogens with zero attached hydrogens (tertiary/aromatic N) is 5. The number of hydrogen-bond acceptors (Lipinski definition) is 7. The van der Waals surface area contributed by atoms with Gasteiger partial charge in [0.05, 0.1) is 18.6 Å². The monoisotopic (exact) mass is 410 g/mol. The van der Waals surface area contributed by atoms with Gasteiger partial charge in [0.1, 0.15) is 22.9 Å². The van der Waals surface area contributed by atoms with E-state index in [4.69, 9.17) is 4.74 Å². The first-order valence-electron chi connectivity index (χ1n) is 8.53. The van der Waals surface area contributed by atoms with Crippen LogP contribution in [0.3, 0.4) is 0 Å². The van der Waals surface area contributed by atoms with Crippen LogP contribution in [0.4, 0.5) is 10.1 Å². The van der Waals surface area contributed by atoms with Crippen LogP contribution in [-0.4, -0.2) is 43.7 Å². The molecule has 2 heterocycles. The number of fused-ring (bicyclic) bond motifs is 1. The average Bonchev–Trinajstić information content (AvgIpc) is 3.18. The van der Waals surface area contributed by atoms with Crippen LogP contribution < -0.4 is 10.1 Å². The van der Waals surface area contributed by atoms with Crippen molar-refractivity contribution >= 4 is 34.5 Å². The molecule has 29 heavy (non-hydrogen) atoms. The molecule has 0 atom stereocenters. The Balaban J connectivity index is 1.49. The predicted octanol–water partition coefficient (Wildman–Crippen LogP) is 3.09. The summed E-state index contributed by atoms with van der Waals surface area (Å²) in [6, 6.07) is 12.9. The molecule has 0 fully saturated rings. The third-order valence-electron chi connectivity index (χ3n) is 3.97. The number of amides is 1. The molecule has 0 aliphatic rings. The zero-order valence-corrected chi connectivity index (χ0v) is 16.1. The van der Waals surface area contributed by atoms with E-state index >= 15 is 0 Å². The molecule has 0 saturated carbocycles. The van der Waals surface area contributed by atoms with Gasteiger partial charge in [-0.05, 0) is 36.4 Å². The minimum absolute atomic E-state index is 0.132. The first-order valence-corrected chi connectivity index (χ1v) is 9.51. The highest BCUT2D eigenvalue weighted by Gasteiger charge is 2.15. The highest BCUT2D eigenvalue weighted by atomic mass is 32.2. The lowest BCUT2D eigenvalue weighted by Crippen LogP contribution is -2.14.